The molecule has 0 fully saturated rings. The molecule has 0 spiro atoms. The Morgan fingerprint density at radius 2 is 1.96 bits per heavy atom. The maximum atomic E-state index is 12.1. The highest BCUT2D eigenvalue weighted by Crippen LogP contribution is 2.19. The fraction of sp³-hybridized carbons (Fsp3) is 0.200. The van der Waals surface area contributed by atoms with Crippen LogP contribution in [0.1, 0.15) is 17.8 Å². The first-order valence-corrected chi connectivity index (χ1v) is 8.37. The number of imidazole rings is 1. The normalized spacial score (nSPS) is 10.5. The minimum Gasteiger partial charge on any atom is -0.508 e. The first-order valence-electron chi connectivity index (χ1n) is 8.37. The molecule has 0 atom stereocenters. The second-order valence-corrected chi connectivity index (χ2v) is 5.94. The lowest BCUT2D eigenvalue weighted by atomic mass is 10.1. The average Bonchev–Trinajstić information content (AvgIpc) is 3.05. The van der Waals surface area contributed by atoms with Crippen molar-refractivity contribution in [2.45, 2.75) is 19.4 Å². The van der Waals surface area contributed by atoms with Crippen LogP contribution in [0.3, 0.4) is 0 Å². The SMILES string of the molecule is Cn1ccnc1COc1ccc(NC(=O)CCc2ccccc2O)cc1. The van der Waals surface area contributed by atoms with E-state index in [1.54, 1.807) is 30.5 Å². The van der Waals surface area contributed by atoms with Crippen molar-refractivity contribution >= 4 is 11.6 Å². The zero-order valence-corrected chi connectivity index (χ0v) is 14.6. The maximum Gasteiger partial charge on any atom is 0.224 e. The third-order valence-corrected chi connectivity index (χ3v) is 4.04. The van der Waals surface area contributed by atoms with Crippen LogP contribution in [0, 0.1) is 0 Å². The van der Waals surface area contributed by atoms with Crippen LogP contribution in [0.5, 0.6) is 11.5 Å². The van der Waals surface area contributed by atoms with Crippen LogP contribution >= 0.6 is 0 Å². The van der Waals surface area contributed by atoms with Crippen LogP contribution in [0.4, 0.5) is 5.69 Å². The molecule has 0 radical (unpaired) electrons. The largest absolute Gasteiger partial charge is 0.508 e. The number of carbonyl (C=O) groups excluding carboxylic acids is 1. The number of amides is 1. The fourth-order valence-corrected chi connectivity index (χ4v) is 2.51. The van der Waals surface area contributed by atoms with E-state index in [4.69, 9.17) is 4.74 Å². The molecular formula is C20H21N3O3. The van der Waals surface area contributed by atoms with Gasteiger partial charge in [-0.05, 0) is 42.3 Å². The average molecular weight is 351 g/mol. The molecule has 134 valence electrons. The number of nitrogens with zero attached hydrogens (tertiary/aromatic N) is 2. The number of hydrogen-bond acceptors (Lipinski definition) is 4. The van der Waals surface area contributed by atoms with Crippen molar-refractivity contribution in [3.05, 3.63) is 72.3 Å². The van der Waals surface area contributed by atoms with E-state index in [1.807, 2.05) is 42.1 Å². The van der Waals surface area contributed by atoms with E-state index in [-0.39, 0.29) is 11.7 Å². The van der Waals surface area contributed by atoms with Gasteiger partial charge in [0, 0.05) is 31.5 Å². The summed E-state index contributed by atoms with van der Waals surface area (Å²) in [5, 5.41) is 12.6. The summed E-state index contributed by atoms with van der Waals surface area (Å²) in [4.78, 5) is 16.3. The molecule has 6 nitrogen and oxygen atoms in total. The van der Waals surface area contributed by atoms with Crippen molar-refractivity contribution < 1.29 is 14.6 Å². The Morgan fingerprint density at radius 1 is 1.19 bits per heavy atom. The number of ether oxygens (including phenoxy) is 1. The Labute approximate surface area is 152 Å². The van der Waals surface area contributed by atoms with E-state index in [2.05, 4.69) is 10.3 Å². The smallest absolute Gasteiger partial charge is 0.224 e. The molecule has 1 amide bonds. The van der Waals surface area contributed by atoms with E-state index in [9.17, 15) is 9.90 Å². The number of rotatable bonds is 7. The minimum atomic E-state index is -0.102. The molecule has 0 bridgehead atoms. The van der Waals surface area contributed by atoms with E-state index in [1.165, 1.54) is 0 Å². The van der Waals surface area contributed by atoms with Gasteiger partial charge in [-0.25, -0.2) is 4.98 Å². The highest BCUT2D eigenvalue weighted by atomic mass is 16.5. The lowest BCUT2D eigenvalue weighted by molar-refractivity contribution is -0.116. The summed E-state index contributed by atoms with van der Waals surface area (Å²) < 4.78 is 7.59. The number of carbonyl (C=O) groups is 1. The second-order valence-electron chi connectivity index (χ2n) is 5.94. The van der Waals surface area contributed by atoms with Crippen LogP contribution < -0.4 is 10.1 Å². The molecule has 1 aromatic heterocycles. The van der Waals surface area contributed by atoms with Gasteiger partial charge in [-0.15, -0.1) is 0 Å². The van der Waals surface area contributed by atoms with Crippen LogP contribution in [0.25, 0.3) is 0 Å². The monoisotopic (exact) mass is 351 g/mol. The van der Waals surface area contributed by atoms with Crippen molar-refractivity contribution in [3.8, 4) is 11.5 Å². The van der Waals surface area contributed by atoms with Crippen LogP contribution in [0.2, 0.25) is 0 Å². The number of phenols is 1. The van der Waals surface area contributed by atoms with Gasteiger partial charge in [-0.1, -0.05) is 18.2 Å². The first-order chi connectivity index (χ1) is 12.6. The number of aromatic nitrogens is 2. The van der Waals surface area contributed by atoms with Gasteiger partial charge in [0.15, 0.2) is 0 Å². The van der Waals surface area contributed by atoms with Crippen molar-refractivity contribution in [2.75, 3.05) is 5.32 Å². The Morgan fingerprint density at radius 3 is 2.65 bits per heavy atom. The third kappa shape index (κ3) is 4.63. The predicted octanol–water partition coefficient (Wildman–Crippen LogP) is 3.28. The van der Waals surface area contributed by atoms with E-state index >= 15 is 0 Å². The van der Waals surface area contributed by atoms with Gasteiger partial charge in [0.1, 0.15) is 23.9 Å². The summed E-state index contributed by atoms with van der Waals surface area (Å²) in [7, 11) is 1.92. The zero-order valence-electron chi connectivity index (χ0n) is 14.6. The molecular weight excluding hydrogens is 330 g/mol. The van der Waals surface area contributed by atoms with E-state index < -0.39 is 0 Å². The highest BCUT2D eigenvalue weighted by molar-refractivity contribution is 5.90. The summed E-state index contributed by atoms with van der Waals surface area (Å²) in [5.74, 6) is 1.66. The number of nitrogens with one attached hydrogen (secondary N) is 1. The maximum absolute atomic E-state index is 12.1. The molecule has 26 heavy (non-hydrogen) atoms. The molecule has 0 unspecified atom stereocenters. The third-order valence-electron chi connectivity index (χ3n) is 4.04. The minimum absolute atomic E-state index is 0.102. The van der Waals surface area contributed by atoms with Gasteiger partial charge in [0.05, 0.1) is 0 Å². The predicted molar refractivity (Wildman–Crippen MR) is 99.0 cm³/mol. The molecule has 0 aliphatic heterocycles. The van der Waals surface area contributed by atoms with Gasteiger partial charge >= 0.3 is 0 Å². The molecule has 6 heteroatoms. The lowest BCUT2D eigenvalue weighted by Gasteiger charge is -2.09. The number of benzene rings is 2. The first kappa shape index (κ1) is 17.5. The van der Waals surface area contributed by atoms with Gasteiger partial charge in [-0.3, -0.25) is 4.79 Å². The van der Waals surface area contributed by atoms with Crippen molar-refractivity contribution in [3.63, 3.8) is 0 Å². The van der Waals surface area contributed by atoms with Crippen molar-refractivity contribution in [1.82, 2.24) is 9.55 Å². The Balaban J connectivity index is 1.48. The van der Waals surface area contributed by atoms with Crippen LogP contribution in [-0.2, 0) is 24.9 Å². The van der Waals surface area contributed by atoms with Crippen molar-refractivity contribution in [2.24, 2.45) is 7.05 Å². The zero-order chi connectivity index (χ0) is 18.4. The number of aryl methyl sites for hydroxylation is 2. The molecule has 3 aromatic rings. The molecule has 0 saturated heterocycles. The molecule has 2 N–H and O–H groups in total. The Kier molecular flexibility index (Phi) is 5.53. The van der Waals surface area contributed by atoms with Crippen LogP contribution in [-0.4, -0.2) is 20.6 Å². The summed E-state index contributed by atoms with van der Waals surface area (Å²) in [6.07, 6.45) is 4.39. The molecule has 1 heterocycles. The number of aromatic hydroxyl groups is 1. The number of hydrogen-bond donors (Lipinski definition) is 2. The van der Waals surface area contributed by atoms with E-state index in [0.29, 0.717) is 30.9 Å². The van der Waals surface area contributed by atoms with Crippen molar-refractivity contribution in [1.29, 1.82) is 0 Å². The summed E-state index contributed by atoms with van der Waals surface area (Å²) >= 11 is 0. The Hall–Kier alpha value is -3.28. The molecule has 0 aliphatic rings. The molecule has 2 aromatic carbocycles. The summed E-state index contributed by atoms with van der Waals surface area (Å²) in [5.41, 5.74) is 1.47. The number of para-hydroxylation sites is 1. The topological polar surface area (TPSA) is 76.4 Å². The van der Waals surface area contributed by atoms with Crippen LogP contribution in [0.15, 0.2) is 60.9 Å². The summed E-state index contributed by atoms with van der Waals surface area (Å²) in [6, 6.07) is 14.3. The number of anilines is 1. The van der Waals surface area contributed by atoms with Gasteiger partial charge in [0.2, 0.25) is 5.91 Å². The van der Waals surface area contributed by atoms with E-state index in [0.717, 1.165) is 11.4 Å². The second kappa shape index (κ2) is 8.20. The molecule has 0 saturated carbocycles. The quantitative estimate of drug-likeness (QED) is 0.685. The van der Waals surface area contributed by atoms with Gasteiger partial charge < -0.3 is 19.7 Å². The highest BCUT2D eigenvalue weighted by Gasteiger charge is 2.06. The fourth-order valence-electron chi connectivity index (χ4n) is 2.51. The summed E-state index contributed by atoms with van der Waals surface area (Å²) in [6.45, 7) is 0.385. The molecule has 3 rings (SSSR count). The molecule has 0 aliphatic carbocycles. The number of phenolic OH excluding ortho intramolecular Hbond substituents is 1. The van der Waals surface area contributed by atoms with Gasteiger partial charge in [0.25, 0.3) is 0 Å². The standard InChI is InChI=1S/C20H21N3O3/c1-23-13-12-21-19(23)14-26-17-9-7-16(8-10-17)22-20(25)11-6-15-4-2-3-5-18(15)24/h2-5,7-10,12-13,24H,6,11,14H2,1H3,(H,22,25). The lowest BCUT2D eigenvalue weighted by Crippen LogP contribution is -2.12. The Bertz CT molecular complexity index is 872. The van der Waals surface area contributed by atoms with Gasteiger partial charge in [-0.2, -0.15) is 0 Å².